The van der Waals surface area contributed by atoms with Gasteiger partial charge in [-0.05, 0) is 96.5 Å². The van der Waals surface area contributed by atoms with Crippen LogP contribution in [0.25, 0.3) is 0 Å². The number of sulfonamides is 1. The van der Waals surface area contributed by atoms with Crippen molar-refractivity contribution in [1.82, 2.24) is 14.5 Å². The van der Waals surface area contributed by atoms with Crippen LogP contribution < -0.4 is 4.72 Å². The quantitative estimate of drug-likeness (QED) is 0.188. The zero-order valence-electron chi connectivity index (χ0n) is 24.6. The Balaban J connectivity index is 1.62. The number of hydrogen-bond donors (Lipinski definition) is 1. The minimum atomic E-state index is -3.65. The zero-order chi connectivity index (χ0) is 31.0. The Morgan fingerprint density at radius 2 is 1.21 bits per heavy atom. The lowest BCUT2D eigenvalue weighted by atomic mass is 10.1. The van der Waals surface area contributed by atoms with Crippen LogP contribution in [0.4, 0.5) is 21.9 Å². The lowest BCUT2D eigenvalue weighted by Gasteiger charge is -2.38. The molecule has 14 heteroatoms. The highest BCUT2D eigenvalue weighted by atomic mass is 32.2. The molecule has 0 radical (unpaired) electrons. The average Bonchev–Trinajstić information content (AvgIpc) is 2.91. The standard InChI is InChI=1S/C28H37N7O6S/c1-18(2)34-26(36)25(27(37)35(19(3)4)28(34)38)33-32-22-10-8-21(9-11-22)30-31-23-12-14-24(15-13-23)42(39,40)29-16-7-17-41-20(5)6/h8-15,18-20,25,29H,7,16-17H2,1-6H3. The minimum absolute atomic E-state index is 0.0960. The number of hydrogen-bond acceptors (Lipinski definition) is 10. The number of carbonyl (C=O) groups is 3. The van der Waals surface area contributed by atoms with E-state index in [2.05, 4.69) is 25.2 Å². The SMILES string of the molecule is CC(C)OCCCNS(=O)(=O)c1ccc(N=Nc2ccc(N=NC3C(=O)N(C(C)C)C(=O)N(C(C)C)C3=O)cc2)cc1. The second-order valence-electron chi connectivity index (χ2n) is 10.4. The number of benzene rings is 2. The number of nitrogens with one attached hydrogen (secondary N) is 1. The first-order chi connectivity index (χ1) is 19.8. The van der Waals surface area contributed by atoms with Gasteiger partial charge in [-0.1, -0.05) is 0 Å². The molecule has 42 heavy (non-hydrogen) atoms. The molecule has 4 amide bonds. The van der Waals surface area contributed by atoms with Gasteiger partial charge in [0.05, 0.1) is 28.1 Å². The van der Waals surface area contributed by atoms with Gasteiger partial charge in [0, 0.05) is 25.2 Å². The van der Waals surface area contributed by atoms with E-state index in [1.165, 1.54) is 12.1 Å². The van der Waals surface area contributed by atoms with Crippen LogP contribution in [0, 0.1) is 0 Å². The maximum Gasteiger partial charge on any atom is 0.334 e. The van der Waals surface area contributed by atoms with Crippen LogP contribution in [0.5, 0.6) is 0 Å². The summed E-state index contributed by atoms with van der Waals surface area (Å²) in [4.78, 5) is 40.5. The van der Waals surface area contributed by atoms with Crippen molar-refractivity contribution >= 4 is 44.9 Å². The van der Waals surface area contributed by atoms with Crippen molar-refractivity contribution in [3.05, 3.63) is 48.5 Å². The monoisotopic (exact) mass is 599 g/mol. The van der Waals surface area contributed by atoms with Gasteiger partial charge in [0.2, 0.25) is 16.1 Å². The minimum Gasteiger partial charge on any atom is -0.379 e. The Kier molecular flexibility index (Phi) is 11.1. The van der Waals surface area contributed by atoms with E-state index < -0.39 is 46.0 Å². The fourth-order valence-electron chi connectivity index (χ4n) is 3.92. The summed E-state index contributed by atoms with van der Waals surface area (Å²) in [5.74, 6) is -1.42. The molecule has 1 aliphatic rings. The van der Waals surface area contributed by atoms with Crippen LogP contribution in [-0.4, -0.2) is 73.4 Å². The maximum atomic E-state index is 12.9. The first kappa shape index (κ1) is 32.6. The average molecular weight is 600 g/mol. The second kappa shape index (κ2) is 14.3. The van der Waals surface area contributed by atoms with E-state index in [0.717, 1.165) is 9.80 Å². The summed E-state index contributed by atoms with van der Waals surface area (Å²) in [5.41, 5.74) is 1.32. The molecule has 0 aliphatic carbocycles. The van der Waals surface area contributed by atoms with E-state index in [0.29, 0.717) is 30.1 Å². The maximum absolute atomic E-state index is 12.9. The molecule has 0 bridgehead atoms. The van der Waals surface area contributed by atoms with Crippen LogP contribution in [0.1, 0.15) is 48.0 Å². The summed E-state index contributed by atoms with van der Waals surface area (Å²) in [5, 5.41) is 16.3. The lowest BCUT2D eigenvalue weighted by Crippen LogP contribution is -2.64. The van der Waals surface area contributed by atoms with E-state index in [1.54, 1.807) is 64.1 Å². The smallest absolute Gasteiger partial charge is 0.334 e. The van der Waals surface area contributed by atoms with Crippen molar-refractivity contribution in [1.29, 1.82) is 0 Å². The summed E-state index contributed by atoms with van der Waals surface area (Å²) in [6.07, 6.45) is 0.661. The molecule has 0 spiro atoms. The molecule has 1 saturated heterocycles. The van der Waals surface area contributed by atoms with E-state index in [9.17, 15) is 22.8 Å². The van der Waals surface area contributed by atoms with Crippen molar-refractivity contribution < 1.29 is 27.5 Å². The third-order valence-electron chi connectivity index (χ3n) is 6.02. The molecular weight excluding hydrogens is 562 g/mol. The summed E-state index contributed by atoms with van der Waals surface area (Å²) in [6, 6.07) is 9.43. The van der Waals surface area contributed by atoms with Crippen LogP contribution in [0.15, 0.2) is 73.9 Å². The highest BCUT2D eigenvalue weighted by Gasteiger charge is 2.48. The van der Waals surface area contributed by atoms with Crippen molar-refractivity contribution in [2.45, 2.75) is 77.1 Å². The number of ether oxygens (including phenoxy) is 1. The first-order valence-electron chi connectivity index (χ1n) is 13.7. The third kappa shape index (κ3) is 8.33. The van der Waals surface area contributed by atoms with Crippen molar-refractivity contribution in [2.75, 3.05) is 13.2 Å². The van der Waals surface area contributed by atoms with Crippen molar-refractivity contribution in [3.63, 3.8) is 0 Å². The van der Waals surface area contributed by atoms with Gasteiger partial charge in [-0.15, -0.1) is 0 Å². The molecular formula is C28H37N7O6S. The Morgan fingerprint density at radius 1 is 0.762 bits per heavy atom. The zero-order valence-corrected chi connectivity index (χ0v) is 25.4. The number of amides is 4. The highest BCUT2D eigenvalue weighted by molar-refractivity contribution is 7.89. The Morgan fingerprint density at radius 3 is 1.67 bits per heavy atom. The number of rotatable bonds is 13. The first-order valence-corrected chi connectivity index (χ1v) is 15.1. The Hall–Kier alpha value is -3.88. The van der Waals surface area contributed by atoms with Crippen LogP contribution >= 0.6 is 0 Å². The molecule has 1 fully saturated rings. The molecule has 2 aromatic rings. The second-order valence-corrected chi connectivity index (χ2v) is 12.2. The summed E-state index contributed by atoms with van der Waals surface area (Å²) < 4.78 is 32.9. The fraction of sp³-hybridized carbons (Fsp3) is 0.464. The Labute approximate surface area is 246 Å². The van der Waals surface area contributed by atoms with Gasteiger partial charge in [-0.2, -0.15) is 20.5 Å². The summed E-state index contributed by atoms with van der Waals surface area (Å²) in [6.45, 7) is 11.3. The van der Waals surface area contributed by atoms with Crippen molar-refractivity contribution in [2.24, 2.45) is 20.5 Å². The molecule has 0 unspecified atom stereocenters. The van der Waals surface area contributed by atoms with Gasteiger partial charge >= 0.3 is 6.03 Å². The number of urea groups is 1. The van der Waals surface area contributed by atoms with Gasteiger partial charge in [0.15, 0.2) is 0 Å². The molecule has 1 heterocycles. The van der Waals surface area contributed by atoms with Gasteiger partial charge in [-0.3, -0.25) is 19.4 Å². The van der Waals surface area contributed by atoms with E-state index >= 15 is 0 Å². The molecule has 1 N–H and O–H groups in total. The lowest BCUT2D eigenvalue weighted by molar-refractivity contribution is -0.146. The molecule has 0 aromatic heterocycles. The highest BCUT2D eigenvalue weighted by Crippen LogP contribution is 2.25. The molecule has 0 atom stereocenters. The van der Waals surface area contributed by atoms with Gasteiger partial charge in [0.1, 0.15) is 0 Å². The third-order valence-corrected chi connectivity index (χ3v) is 7.50. The topological polar surface area (TPSA) is 163 Å². The van der Waals surface area contributed by atoms with E-state index in [-0.39, 0.29) is 17.5 Å². The fourth-order valence-corrected chi connectivity index (χ4v) is 5.00. The largest absolute Gasteiger partial charge is 0.379 e. The van der Waals surface area contributed by atoms with Gasteiger partial charge in [-0.25, -0.2) is 17.9 Å². The predicted octanol–water partition coefficient (Wildman–Crippen LogP) is 5.26. The number of nitrogens with zero attached hydrogens (tertiary/aromatic N) is 6. The van der Waals surface area contributed by atoms with Crippen LogP contribution in [0.2, 0.25) is 0 Å². The van der Waals surface area contributed by atoms with Gasteiger partial charge < -0.3 is 4.74 Å². The summed E-state index contributed by atoms with van der Waals surface area (Å²) >= 11 is 0. The normalized spacial score (nSPS) is 15.5. The molecule has 3 rings (SSSR count). The van der Waals surface area contributed by atoms with Gasteiger partial charge in [0.25, 0.3) is 11.8 Å². The predicted molar refractivity (Wildman–Crippen MR) is 156 cm³/mol. The number of imide groups is 2. The van der Waals surface area contributed by atoms with E-state index in [4.69, 9.17) is 4.74 Å². The number of azo groups is 2. The summed E-state index contributed by atoms with van der Waals surface area (Å²) in [7, 11) is -3.65. The molecule has 226 valence electrons. The molecule has 13 nitrogen and oxygen atoms in total. The number of barbiturate groups is 1. The number of carbonyl (C=O) groups excluding carboxylic acids is 3. The molecule has 2 aromatic carbocycles. The molecule has 1 aliphatic heterocycles. The molecule has 0 saturated carbocycles. The van der Waals surface area contributed by atoms with Crippen molar-refractivity contribution in [3.8, 4) is 0 Å². The van der Waals surface area contributed by atoms with Crippen LogP contribution in [0.3, 0.4) is 0 Å². The van der Waals surface area contributed by atoms with E-state index in [1.807, 2.05) is 13.8 Å². The van der Waals surface area contributed by atoms with Crippen LogP contribution in [-0.2, 0) is 24.3 Å². The Bertz CT molecular complexity index is 1390.